The monoisotopic (exact) mass is 248 g/mol. The summed E-state index contributed by atoms with van der Waals surface area (Å²) in [5.74, 6) is 0.695. The second-order valence-electron chi connectivity index (χ2n) is 5.01. The molecule has 1 amide bonds. The molecule has 0 saturated carbocycles. The summed E-state index contributed by atoms with van der Waals surface area (Å²) in [7, 11) is 0. The number of primary amides is 1. The largest absolute Gasteiger partial charge is 0.491 e. The van der Waals surface area contributed by atoms with Crippen LogP contribution >= 0.6 is 0 Å². The first-order chi connectivity index (χ1) is 8.58. The minimum absolute atomic E-state index is 0.109. The standard InChI is InChI=1S/C14H20N2O2/c1-9(2)18-11-5-3-10(4-6-11)12-7-16-8-13(12)14(15)17/h3-6,9,12-13,16H,7-8H2,1-2H3,(H2,15,17). The van der Waals surface area contributed by atoms with E-state index in [2.05, 4.69) is 5.32 Å². The van der Waals surface area contributed by atoms with E-state index < -0.39 is 0 Å². The third kappa shape index (κ3) is 2.82. The topological polar surface area (TPSA) is 64.3 Å². The molecule has 1 aromatic carbocycles. The third-order valence-corrected chi connectivity index (χ3v) is 3.26. The van der Waals surface area contributed by atoms with Crippen LogP contribution in [0.4, 0.5) is 0 Å². The predicted octanol–water partition coefficient (Wildman–Crippen LogP) is 1.26. The molecule has 0 bridgehead atoms. The van der Waals surface area contributed by atoms with Crippen LogP contribution < -0.4 is 15.8 Å². The van der Waals surface area contributed by atoms with Crippen molar-refractivity contribution >= 4 is 5.91 Å². The number of ether oxygens (including phenoxy) is 1. The predicted molar refractivity (Wildman–Crippen MR) is 70.5 cm³/mol. The Kier molecular flexibility index (Phi) is 3.87. The van der Waals surface area contributed by atoms with Crippen molar-refractivity contribution in [3.05, 3.63) is 29.8 Å². The Morgan fingerprint density at radius 1 is 1.33 bits per heavy atom. The van der Waals surface area contributed by atoms with Crippen molar-refractivity contribution in [3.63, 3.8) is 0 Å². The number of benzene rings is 1. The highest BCUT2D eigenvalue weighted by atomic mass is 16.5. The van der Waals surface area contributed by atoms with E-state index in [9.17, 15) is 4.79 Å². The molecule has 2 rings (SSSR count). The minimum Gasteiger partial charge on any atom is -0.491 e. The Morgan fingerprint density at radius 3 is 2.56 bits per heavy atom. The van der Waals surface area contributed by atoms with Crippen molar-refractivity contribution in [2.45, 2.75) is 25.9 Å². The van der Waals surface area contributed by atoms with Crippen molar-refractivity contribution in [1.82, 2.24) is 5.32 Å². The van der Waals surface area contributed by atoms with E-state index in [1.807, 2.05) is 38.1 Å². The number of rotatable bonds is 4. The number of carbonyl (C=O) groups is 1. The normalized spacial score (nSPS) is 23.3. The summed E-state index contributed by atoms with van der Waals surface area (Å²) in [6.45, 7) is 5.47. The third-order valence-electron chi connectivity index (χ3n) is 3.26. The molecular formula is C14H20N2O2. The highest BCUT2D eigenvalue weighted by Gasteiger charge is 2.32. The Bertz CT molecular complexity index is 414. The van der Waals surface area contributed by atoms with E-state index in [1.54, 1.807) is 0 Å². The van der Waals surface area contributed by atoms with Gasteiger partial charge in [-0.1, -0.05) is 12.1 Å². The number of hydrogen-bond acceptors (Lipinski definition) is 3. The molecule has 2 unspecified atom stereocenters. The van der Waals surface area contributed by atoms with Crippen LogP contribution in [0, 0.1) is 5.92 Å². The maximum atomic E-state index is 11.4. The van der Waals surface area contributed by atoms with Gasteiger partial charge in [-0.05, 0) is 31.5 Å². The average molecular weight is 248 g/mol. The quantitative estimate of drug-likeness (QED) is 0.843. The van der Waals surface area contributed by atoms with Crippen LogP contribution in [0.5, 0.6) is 5.75 Å². The summed E-state index contributed by atoms with van der Waals surface area (Å²) < 4.78 is 5.60. The van der Waals surface area contributed by atoms with Crippen molar-refractivity contribution in [1.29, 1.82) is 0 Å². The molecule has 4 nitrogen and oxygen atoms in total. The molecular weight excluding hydrogens is 228 g/mol. The molecule has 0 aromatic heterocycles. The van der Waals surface area contributed by atoms with Gasteiger partial charge in [-0.3, -0.25) is 4.79 Å². The summed E-state index contributed by atoms with van der Waals surface area (Å²) in [6, 6.07) is 7.94. The minimum atomic E-state index is -0.229. The summed E-state index contributed by atoms with van der Waals surface area (Å²) in [5, 5.41) is 3.22. The van der Waals surface area contributed by atoms with Crippen molar-refractivity contribution < 1.29 is 9.53 Å². The zero-order chi connectivity index (χ0) is 13.1. The van der Waals surface area contributed by atoms with Crippen LogP contribution in [0.25, 0.3) is 0 Å². The number of nitrogens with two attached hydrogens (primary N) is 1. The first kappa shape index (κ1) is 12.9. The highest BCUT2D eigenvalue weighted by Crippen LogP contribution is 2.29. The van der Waals surface area contributed by atoms with Gasteiger partial charge in [0.15, 0.2) is 0 Å². The van der Waals surface area contributed by atoms with E-state index in [0.29, 0.717) is 6.54 Å². The summed E-state index contributed by atoms with van der Waals surface area (Å²) in [6.07, 6.45) is 0.169. The Morgan fingerprint density at radius 2 is 2.00 bits per heavy atom. The fourth-order valence-corrected chi connectivity index (χ4v) is 2.39. The van der Waals surface area contributed by atoms with Gasteiger partial charge >= 0.3 is 0 Å². The van der Waals surface area contributed by atoms with Gasteiger partial charge in [0.1, 0.15) is 5.75 Å². The molecule has 1 aliphatic rings. The van der Waals surface area contributed by atoms with Gasteiger partial charge in [0.05, 0.1) is 12.0 Å². The van der Waals surface area contributed by atoms with Gasteiger partial charge in [0, 0.05) is 19.0 Å². The Labute approximate surface area is 108 Å². The fourth-order valence-electron chi connectivity index (χ4n) is 2.39. The molecule has 4 heteroatoms. The number of carbonyl (C=O) groups excluding carboxylic acids is 1. The van der Waals surface area contributed by atoms with Gasteiger partial charge in [-0.25, -0.2) is 0 Å². The second kappa shape index (κ2) is 5.40. The number of nitrogens with one attached hydrogen (secondary N) is 1. The van der Waals surface area contributed by atoms with Crippen LogP contribution in [0.1, 0.15) is 25.3 Å². The molecule has 1 heterocycles. The molecule has 2 atom stereocenters. The van der Waals surface area contributed by atoms with Gasteiger partial charge in [0.25, 0.3) is 0 Å². The highest BCUT2D eigenvalue weighted by molar-refractivity contribution is 5.78. The second-order valence-corrected chi connectivity index (χ2v) is 5.01. The van der Waals surface area contributed by atoms with Crippen LogP contribution in [0.15, 0.2) is 24.3 Å². The lowest BCUT2D eigenvalue weighted by molar-refractivity contribution is -0.121. The fraction of sp³-hybridized carbons (Fsp3) is 0.500. The van der Waals surface area contributed by atoms with Crippen LogP contribution in [-0.4, -0.2) is 25.1 Å². The van der Waals surface area contributed by atoms with E-state index >= 15 is 0 Å². The molecule has 1 aromatic rings. The van der Waals surface area contributed by atoms with E-state index in [-0.39, 0.29) is 23.8 Å². The maximum Gasteiger partial charge on any atom is 0.222 e. The molecule has 0 aliphatic carbocycles. The molecule has 1 aliphatic heterocycles. The van der Waals surface area contributed by atoms with Gasteiger partial charge < -0.3 is 15.8 Å². The van der Waals surface area contributed by atoms with Crippen molar-refractivity contribution in [2.75, 3.05) is 13.1 Å². The first-order valence-electron chi connectivity index (χ1n) is 6.34. The smallest absolute Gasteiger partial charge is 0.222 e. The first-order valence-corrected chi connectivity index (χ1v) is 6.34. The summed E-state index contributed by atoms with van der Waals surface area (Å²) in [5.41, 5.74) is 6.56. The molecule has 1 fully saturated rings. The zero-order valence-electron chi connectivity index (χ0n) is 10.8. The molecule has 0 radical (unpaired) electrons. The van der Waals surface area contributed by atoms with Crippen molar-refractivity contribution in [3.8, 4) is 5.75 Å². The molecule has 98 valence electrons. The average Bonchev–Trinajstić information content (AvgIpc) is 2.78. The van der Waals surface area contributed by atoms with E-state index in [0.717, 1.165) is 17.9 Å². The Balaban J connectivity index is 2.11. The van der Waals surface area contributed by atoms with Crippen LogP contribution in [0.3, 0.4) is 0 Å². The summed E-state index contributed by atoms with van der Waals surface area (Å²) in [4.78, 5) is 11.4. The van der Waals surface area contributed by atoms with Gasteiger partial charge in [-0.2, -0.15) is 0 Å². The lowest BCUT2D eigenvalue weighted by Gasteiger charge is -2.17. The molecule has 18 heavy (non-hydrogen) atoms. The summed E-state index contributed by atoms with van der Waals surface area (Å²) >= 11 is 0. The molecule has 3 N–H and O–H groups in total. The molecule has 1 saturated heterocycles. The number of amides is 1. The van der Waals surface area contributed by atoms with E-state index in [1.165, 1.54) is 0 Å². The Hall–Kier alpha value is -1.55. The van der Waals surface area contributed by atoms with Crippen LogP contribution in [0.2, 0.25) is 0 Å². The lowest BCUT2D eigenvalue weighted by Crippen LogP contribution is -2.28. The van der Waals surface area contributed by atoms with Gasteiger partial charge in [-0.15, -0.1) is 0 Å². The van der Waals surface area contributed by atoms with Crippen molar-refractivity contribution in [2.24, 2.45) is 11.7 Å². The molecule has 0 spiro atoms. The van der Waals surface area contributed by atoms with E-state index in [4.69, 9.17) is 10.5 Å². The number of hydrogen-bond donors (Lipinski definition) is 2. The van der Waals surface area contributed by atoms with Gasteiger partial charge in [0.2, 0.25) is 5.91 Å². The maximum absolute atomic E-state index is 11.4. The SMILES string of the molecule is CC(C)Oc1ccc(C2CNCC2C(N)=O)cc1. The lowest BCUT2D eigenvalue weighted by atomic mass is 9.88. The zero-order valence-corrected chi connectivity index (χ0v) is 10.8. The van der Waals surface area contributed by atoms with Crippen LogP contribution in [-0.2, 0) is 4.79 Å².